The van der Waals surface area contributed by atoms with E-state index in [1.165, 1.54) is 25.8 Å². The maximum atomic E-state index is 2.74. The molecule has 2 atom stereocenters. The third-order valence-electron chi connectivity index (χ3n) is 4.33. The molecule has 0 amide bonds. The van der Waals surface area contributed by atoms with Gasteiger partial charge in [-0.05, 0) is 57.4 Å². The normalized spacial score (nSPS) is 32.6. The van der Waals surface area contributed by atoms with Crippen molar-refractivity contribution >= 4 is 0 Å². The van der Waals surface area contributed by atoms with Crippen molar-refractivity contribution in [1.29, 1.82) is 0 Å². The van der Waals surface area contributed by atoms with Gasteiger partial charge in [-0.15, -0.1) is 0 Å². The van der Waals surface area contributed by atoms with Crippen LogP contribution in [0.5, 0.6) is 0 Å². The molecule has 1 rings (SSSR count). The van der Waals surface area contributed by atoms with E-state index in [1.807, 2.05) is 0 Å². The number of piperidine rings is 1. The highest BCUT2D eigenvalue weighted by Gasteiger charge is 2.31. The lowest BCUT2D eigenvalue weighted by Gasteiger charge is -2.44. The second kappa shape index (κ2) is 6.05. The van der Waals surface area contributed by atoms with Crippen molar-refractivity contribution in [2.75, 3.05) is 6.54 Å². The fourth-order valence-corrected chi connectivity index (χ4v) is 3.07. The lowest BCUT2D eigenvalue weighted by atomic mass is 9.80. The molecule has 0 bridgehead atoms. The van der Waals surface area contributed by atoms with Gasteiger partial charge in [-0.25, -0.2) is 0 Å². The molecule has 0 aromatic heterocycles. The molecule has 1 heteroatoms. The minimum absolute atomic E-state index is 0.787. The second-order valence-corrected chi connectivity index (χ2v) is 6.59. The van der Waals surface area contributed by atoms with Gasteiger partial charge in [0.1, 0.15) is 0 Å². The molecule has 0 aliphatic carbocycles. The van der Waals surface area contributed by atoms with Crippen molar-refractivity contribution < 1.29 is 0 Å². The molecule has 16 heavy (non-hydrogen) atoms. The van der Waals surface area contributed by atoms with Gasteiger partial charge in [0.15, 0.2) is 0 Å². The molecule has 0 aromatic carbocycles. The van der Waals surface area contributed by atoms with Crippen LogP contribution in [0.1, 0.15) is 60.8 Å². The summed E-state index contributed by atoms with van der Waals surface area (Å²) in [6, 6.07) is 1.57. The van der Waals surface area contributed by atoms with Crippen molar-refractivity contribution in [3.8, 4) is 0 Å². The highest BCUT2D eigenvalue weighted by Crippen LogP contribution is 2.32. The largest absolute Gasteiger partial charge is 0.298 e. The maximum absolute atomic E-state index is 2.74. The van der Waals surface area contributed by atoms with Gasteiger partial charge in [0.25, 0.3) is 0 Å². The number of hydrogen-bond donors (Lipinski definition) is 0. The number of hydrogen-bond acceptors (Lipinski definition) is 1. The van der Waals surface area contributed by atoms with Crippen molar-refractivity contribution in [3.05, 3.63) is 0 Å². The van der Waals surface area contributed by atoms with Gasteiger partial charge in [-0.2, -0.15) is 0 Å². The summed E-state index contributed by atoms with van der Waals surface area (Å²) in [5.41, 5.74) is 0. The summed E-state index contributed by atoms with van der Waals surface area (Å²) in [7, 11) is 0. The first-order chi connectivity index (χ1) is 7.41. The van der Waals surface area contributed by atoms with Crippen molar-refractivity contribution in [2.24, 2.45) is 17.8 Å². The van der Waals surface area contributed by atoms with Gasteiger partial charge in [-0.3, -0.25) is 4.90 Å². The summed E-state index contributed by atoms with van der Waals surface area (Å²) < 4.78 is 0. The zero-order chi connectivity index (χ0) is 12.3. The van der Waals surface area contributed by atoms with Crippen LogP contribution in [0.4, 0.5) is 0 Å². The summed E-state index contributed by atoms with van der Waals surface area (Å²) in [5, 5.41) is 0. The fraction of sp³-hybridized carbons (Fsp3) is 1.00. The predicted molar refractivity (Wildman–Crippen MR) is 72.6 cm³/mol. The van der Waals surface area contributed by atoms with Crippen LogP contribution in [0.15, 0.2) is 0 Å². The smallest absolute Gasteiger partial charge is 0.00724 e. The summed E-state index contributed by atoms with van der Waals surface area (Å²) in [6.07, 6.45) is 4.15. The highest BCUT2D eigenvalue weighted by atomic mass is 15.2. The first-order valence-corrected chi connectivity index (χ1v) is 7.17. The Morgan fingerprint density at radius 3 is 1.88 bits per heavy atom. The average molecular weight is 225 g/mol. The van der Waals surface area contributed by atoms with Crippen LogP contribution in [0.3, 0.4) is 0 Å². The van der Waals surface area contributed by atoms with Gasteiger partial charge < -0.3 is 0 Å². The average Bonchev–Trinajstić information content (AvgIpc) is 2.15. The van der Waals surface area contributed by atoms with Crippen LogP contribution in [0.25, 0.3) is 0 Å². The molecular formula is C15H31N. The Balaban J connectivity index is 2.48. The van der Waals surface area contributed by atoms with Crippen LogP contribution in [0.2, 0.25) is 0 Å². The Hall–Kier alpha value is -0.0400. The van der Waals surface area contributed by atoms with Gasteiger partial charge in [0.2, 0.25) is 0 Å². The third kappa shape index (κ3) is 3.76. The zero-order valence-corrected chi connectivity index (χ0v) is 12.2. The predicted octanol–water partition coefficient (Wildman–Crippen LogP) is 4.18. The summed E-state index contributed by atoms with van der Waals surface area (Å²) in [5.74, 6) is 2.64. The third-order valence-corrected chi connectivity index (χ3v) is 4.33. The fourth-order valence-electron chi connectivity index (χ4n) is 3.07. The monoisotopic (exact) mass is 225 g/mol. The van der Waals surface area contributed by atoms with E-state index in [0.29, 0.717) is 0 Å². The van der Waals surface area contributed by atoms with Crippen LogP contribution in [-0.4, -0.2) is 23.5 Å². The molecular weight excluding hydrogens is 194 g/mol. The van der Waals surface area contributed by atoms with Gasteiger partial charge in [-0.1, -0.05) is 27.7 Å². The van der Waals surface area contributed by atoms with E-state index in [9.17, 15) is 0 Å². The topological polar surface area (TPSA) is 3.24 Å². The highest BCUT2D eigenvalue weighted by molar-refractivity contribution is 4.85. The number of nitrogens with zero attached hydrogens (tertiary/aromatic N) is 1. The number of likely N-dealkylation sites (tertiary alicyclic amines) is 1. The van der Waals surface area contributed by atoms with Gasteiger partial charge in [0.05, 0.1) is 0 Å². The zero-order valence-electron chi connectivity index (χ0n) is 12.2. The Labute approximate surface area is 103 Å². The van der Waals surface area contributed by atoms with Gasteiger partial charge in [0, 0.05) is 12.1 Å². The lowest BCUT2D eigenvalue weighted by molar-refractivity contribution is 0.0509. The van der Waals surface area contributed by atoms with Crippen LogP contribution in [0, 0.1) is 17.8 Å². The Bertz CT molecular complexity index is 186. The Kier molecular flexibility index (Phi) is 5.30. The molecule has 1 nitrogen and oxygen atoms in total. The molecule has 96 valence electrons. The molecule has 1 heterocycles. The quantitative estimate of drug-likeness (QED) is 0.694. The van der Waals surface area contributed by atoms with E-state index in [-0.39, 0.29) is 0 Å². The minimum atomic E-state index is 0.787. The molecule has 0 N–H and O–H groups in total. The first kappa shape index (κ1) is 14.0. The lowest BCUT2D eigenvalue weighted by Crippen LogP contribution is -2.48. The van der Waals surface area contributed by atoms with Crippen molar-refractivity contribution in [1.82, 2.24) is 4.90 Å². The standard InChI is InChI=1S/C15H31N/c1-11(2)7-8-16-13(5)9-15(12(3)4)10-14(16)6/h11-15H,7-10H2,1-6H3/t13-,14-/m1/s1. The Morgan fingerprint density at radius 1 is 1.00 bits per heavy atom. The SMILES string of the molecule is CC(C)CCN1[C@H](C)CC(C(C)C)C[C@H]1C. The summed E-state index contributed by atoms with van der Waals surface area (Å²) in [6.45, 7) is 15.6. The van der Waals surface area contributed by atoms with Crippen LogP contribution < -0.4 is 0 Å². The molecule has 0 radical (unpaired) electrons. The molecule has 1 saturated heterocycles. The van der Waals surface area contributed by atoms with Crippen LogP contribution >= 0.6 is 0 Å². The maximum Gasteiger partial charge on any atom is 0.00724 e. The molecule has 1 fully saturated rings. The molecule has 1 aliphatic rings. The summed E-state index contributed by atoms with van der Waals surface area (Å²) >= 11 is 0. The van der Waals surface area contributed by atoms with Crippen molar-refractivity contribution in [3.63, 3.8) is 0 Å². The molecule has 0 aromatic rings. The van der Waals surface area contributed by atoms with E-state index in [2.05, 4.69) is 46.4 Å². The van der Waals surface area contributed by atoms with E-state index >= 15 is 0 Å². The Morgan fingerprint density at radius 2 is 1.50 bits per heavy atom. The summed E-state index contributed by atoms with van der Waals surface area (Å²) in [4.78, 5) is 2.74. The van der Waals surface area contributed by atoms with E-state index in [1.54, 1.807) is 0 Å². The minimum Gasteiger partial charge on any atom is -0.298 e. The molecule has 0 saturated carbocycles. The van der Waals surface area contributed by atoms with Crippen LogP contribution in [-0.2, 0) is 0 Å². The van der Waals surface area contributed by atoms with Gasteiger partial charge >= 0.3 is 0 Å². The first-order valence-electron chi connectivity index (χ1n) is 7.17. The second-order valence-electron chi connectivity index (χ2n) is 6.59. The van der Waals surface area contributed by atoms with E-state index in [0.717, 1.165) is 29.8 Å². The number of rotatable bonds is 4. The molecule has 0 unspecified atom stereocenters. The van der Waals surface area contributed by atoms with E-state index < -0.39 is 0 Å². The molecule has 1 aliphatic heterocycles. The van der Waals surface area contributed by atoms with Crippen molar-refractivity contribution in [2.45, 2.75) is 72.9 Å². The van der Waals surface area contributed by atoms with E-state index in [4.69, 9.17) is 0 Å². The molecule has 0 spiro atoms.